The summed E-state index contributed by atoms with van der Waals surface area (Å²) in [4.78, 5) is 16.4. The van der Waals surface area contributed by atoms with Gasteiger partial charge in [-0.2, -0.15) is 0 Å². The van der Waals surface area contributed by atoms with Crippen molar-refractivity contribution >= 4 is 33.3 Å². The van der Waals surface area contributed by atoms with Crippen LogP contribution < -0.4 is 5.73 Å². The number of hydrogen-bond donors (Lipinski definition) is 2. The van der Waals surface area contributed by atoms with E-state index in [4.69, 9.17) is 10.7 Å². The fraction of sp³-hybridized carbons (Fsp3) is 0.0455. The van der Waals surface area contributed by atoms with E-state index in [-0.39, 0.29) is 0 Å². The Hall–Kier alpha value is -3.73. The Morgan fingerprint density at radius 3 is 2.93 bits per heavy atom. The van der Waals surface area contributed by atoms with E-state index in [2.05, 4.69) is 75.7 Å². The number of fused-ring (bicyclic) bond motifs is 2. The molecular weight excluding hydrogens is 334 g/mol. The molecule has 0 saturated carbocycles. The molecule has 0 aliphatic heterocycles. The lowest BCUT2D eigenvalue weighted by Crippen LogP contribution is -1.93. The van der Waals surface area contributed by atoms with Crippen LogP contribution in [-0.4, -0.2) is 19.9 Å². The summed E-state index contributed by atoms with van der Waals surface area (Å²) < 4.78 is 0. The maximum absolute atomic E-state index is 6.08. The first-order valence-electron chi connectivity index (χ1n) is 8.82. The number of H-pyrrole nitrogens is 1. The van der Waals surface area contributed by atoms with Crippen LogP contribution in [0.2, 0.25) is 0 Å². The Morgan fingerprint density at radius 2 is 1.96 bits per heavy atom. The van der Waals surface area contributed by atoms with Crippen LogP contribution in [0.15, 0.2) is 73.2 Å². The lowest BCUT2D eigenvalue weighted by Gasteiger charge is -2.06. The summed E-state index contributed by atoms with van der Waals surface area (Å²) in [6.07, 6.45) is 14.9. The van der Waals surface area contributed by atoms with Gasteiger partial charge in [0.15, 0.2) is 0 Å². The summed E-state index contributed by atoms with van der Waals surface area (Å²) in [5.41, 5.74) is 11.8. The number of rotatable bonds is 2. The Bertz CT molecular complexity index is 1260. The van der Waals surface area contributed by atoms with E-state index in [9.17, 15) is 0 Å². The molecule has 130 valence electrons. The molecule has 0 saturated heterocycles. The minimum Gasteiger partial charge on any atom is -0.383 e. The zero-order valence-electron chi connectivity index (χ0n) is 14.6. The minimum atomic E-state index is 0.471. The van der Waals surface area contributed by atoms with Crippen LogP contribution in [0.4, 0.5) is 5.82 Å². The van der Waals surface area contributed by atoms with Crippen molar-refractivity contribution < 1.29 is 0 Å². The molecule has 5 rings (SSSR count). The number of hydrogen-bond acceptors (Lipinski definition) is 4. The molecule has 3 aromatic heterocycles. The van der Waals surface area contributed by atoms with Crippen LogP contribution >= 0.6 is 0 Å². The number of nitrogens with one attached hydrogen (secondary N) is 1. The molecule has 1 aliphatic carbocycles. The average molecular weight is 351 g/mol. The lowest BCUT2D eigenvalue weighted by atomic mass is 10.0. The summed E-state index contributed by atoms with van der Waals surface area (Å²) in [6.45, 7) is 0. The standard InChI is InChI=1S/C22H17N5/c23-21-20-17(12-24-22(20)26-13-25-21)16-8-7-15-9-10-18(27-19(15)11-16)14-5-3-1-2-4-6-14/h1,3-13H,2H2,(H3,23,24,25,26). The number of pyridine rings is 1. The molecule has 0 radical (unpaired) electrons. The summed E-state index contributed by atoms with van der Waals surface area (Å²) in [5, 5.41) is 1.94. The van der Waals surface area contributed by atoms with Gasteiger partial charge >= 0.3 is 0 Å². The molecule has 0 atom stereocenters. The van der Waals surface area contributed by atoms with Crippen molar-refractivity contribution in [2.24, 2.45) is 0 Å². The Morgan fingerprint density at radius 1 is 1.04 bits per heavy atom. The summed E-state index contributed by atoms with van der Waals surface area (Å²) in [5.74, 6) is 0.471. The summed E-state index contributed by atoms with van der Waals surface area (Å²) in [6, 6.07) is 10.4. The molecule has 0 spiro atoms. The molecular formula is C22H17N5. The number of benzene rings is 1. The lowest BCUT2D eigenvalue weighted by molar-refractivity contribution is 1.21. The summed E-state index contributed by atoms with van der Waals surface area (Å²) >= 11 is 0. The van der Waals surface area contributed by atoms with Crippen LogP contribution in [0.5, 0.6) is 0 Å². The van der Waals surface area contributed by atoms with Crippen LogP contribution in [0.3, 0.4) is 0 Å². The third kappa shape index (κ3) is 2.69. The van der Waals surface area contributed by atoms with Crippen molar-refractivity contribution in [2.45, 2.75) is 6.42 Å². The van der Waals surface area contributed by atoms with Gasteiger partial charge < -0.3 is 10.7 Å². The van der Waals surface area contributed by atoms with Gasteiger partial charge in [0.2, 0.25) is 0 Å². The molecule has 0 bridgehead atoms. The first-order chi connectivity index (χ1) is 13.3. The molecule has 5 heteroatoms. The Labute approximate surface area is 156 Å². The van der Waals surface area contributed by atoms with Gasteiger partial charge in [0.25, 0.3) is 0 Å². The van der Waals surface area contributed by atoms with E-state index in [0.29, 0.717) is 5.82 Å². The minimum absolute atomic E-state index is 0.471. The van der Waals surface area contributed by atoms with Crippen LogP contribution in [-0.2, 0) is 0 Å². The molecule has 3 N–H and O–H groups in total. The number of aromatic nitrogens is 4. The van der Waals surface area contributed by atoms with Gasteiger partial charge in [-0.05, 0) is 29.7 Å². The van der Waals surface area contributed by atoms with Gasteiger partial charge in [0, 0.05) is 17.1 Å². The van der Waals surface area contributed by atoms with Crippen molar-refractivity contribution in [3.05, 3.63) is 78.9 Å². The molecule has 0 amide bonds. The summed E-state index contributed by atoms with van der Waals surface area (Å²) in [7, 11) is 0. The highest BCUT2D eigenvalue weighted by molar-refractivity contribution is 6.01. The van der Waals surface area contributed by atoms with Crippen LogP contribution in [0.1, 0.15) is 12.1 Å². The fourth-order valence-electron chi connectivity index (χ4n) is 3.41. The third-order valence-electron chi connectivity index (χ3n) is 4.78. The first kappa shape index (κ1) is 15.5. The first-order valence-corrected chi connectivity index (χ1v) is 8.82. The predicted molar refractivity (Wildman–Crippen MR) is 110 cm³/mol. The molecule has 3 heterocycles. The molecule has 1 aromatic carbocycles. The van der Waals surface area contributed by atoms with Gasteiger partial charge in [-0.3, -0.25) is 0 Å². The van der Waals surface area contributed by atoms with E-state index >= 15 is 0 Å². The van der Waals surface area contributed by atoms with Crippen molar-refractivity contribution in [3.8, 4) is 11.1 Å². The highest BCUT2D eigenvalue weighted by Crippen LogP contribution is 2.32. The van der Waals surface area contributed by atoms with E-state index in [1.165, 1.54) is 6.33 Å². The van der Waals surface area contributed by atoms with Crippen molar-refractivity contribution in [1.82, 2.24) is 19.9 Å². The fourth-order valence-corrected chi connectivity index (χ4v) is 3.41. The monoisotopic (exact) mass is 351 g/mol. The number of nitrogens with zero attached hydrogens (tertiary/aromatic N) is 3. The second kappa shape index (κ2) is 6.21. The van der Waals surface area contributed by atoms with E-state index in [1.54, 1.807) is 0 Å². The predicted octanol–water partition coefficient (Wildman–Crippen LogP) is 4.65. The Balaban J connectivity index is 1.66. The number of anilines is 1. The maximum atomic E-state index is 6.08. The smallest absolute Gasteiger partial charge is 0.143 e. The normalized spacial score (nSPS) is 13.9. The van der Waals surface area contributed by atoms with Crippen molar-refractivity contribution in [2.75, 3.05) is 5.73 Å². The molecule has 27 heavy (non-hydrogen) atoms. The number of aromatic amines is 1. The highest BCUT2D eigenvalue weighted by atomic mass is 15.0. The largest absolute Gasteiger partial charge is 0.383 e. The second-order valence-corrected chi connectivity index (χ2v) is 6.48. The molecule has 0 unspecified atom stereocenters. The molecule has 5 nitrogen and oxygen atoms in total. The third-order valence-corrected chi connectivity index (χ3v) is 4.78. The second-order valence-electron chi connectivity index (χ2n) is 6.48. The SMILES string of the molecule is Nc1ncnc2[nH]cc(-c3ccc4ccc(C5=CC=CCC=C5)nc4c3)c12. The van der Waals surface area contributed by atoms with Gasteiger partial charge in [0.05, 0.1) is 16.6 Å². The molecule has 1 aliphatic rings. The number of nitrogen functional groups attached to an aromatic ring is 1. The molecule has 0 fully saturated rings. The zero-order valence-corrected chi connectivity index (χ0v) is 14.6. The van der Waals surface area contributed by atoms with Gasteiger partial charge in [-0.1, -0.05) is 48.6 Å². The highest BCUT2D eigenvalue weighted by Gasteiger charge is 2.12. The van der Waals surface area contributed by atoms with E-state index in [1.807, 2.05) is 6.20 Å². The van der Waals surface area contributed by atoms with Crippen molar-refractivity contribution in [3.63, 3.8) is 0 Å². The average Bonchev–Trinajstić information content (AvgIpc) is 2.95. The van der Waals surface area contributed by atoms with Crippen molar-refractivity contribution in [1.29, 1.82) is 0 Å². The van der Waals surface area contributed by atoms with Gasteiger partial charge in [-0.25, -0.2) is 15.0 Å². The topological polar surface area (TPSA) is 80.5 Å². The quantitative estimate of drug-likeness (QED) is 0.550. The maximum Gasteiger partial charge on any atom is 0.143 e. The van der Waals surface area contributed by atoms with Gasteiger partial charge in [-0.15, -0.1) is 0 Å². The molecule has 4 aromatic rings. The van der Waals surface area contributed by atoms with Crippen LogP contribution in [0, 0.1) is 0 Å². The van der Waals surface area contributed by atoms with Gasteiger partial charge in [0.1, 0.15) is 17.8 Å². The number of allylic oxidation sites excluding steroid dienone is 6. The zero-order chi connectivity index (χ0) is 18.2. The Kier molecular flexibility index (Phi) is 3.57. The van der Waals surface area contributed by atoms with Crippen LogP contribution in [0.25, 0.3) is 38.6 Å². The van der Waals surface area contributed by atoms with E-state index < -0.39 is 0 Å². The van der Waals surface area contributed by atoms with E-state index in [0.717, 1.165) is 50.8 Å². The number of nitrogens with two attached hydrogens (primary N) is 1.